The van der Waals surface area contributed by atoms with Crippen LogP contribution in [0.2, 0.25) is 0 Å². The van der Waals surface area contributed by atoms with Gasteiger partial charge in [0.25, 0.3) is 11.8 Å². The van der Waals surface area contributed by atoms with Crippen LogP contribution in [0.5, 0.6) is 0 Å². The summed E-state index contributed by atoms with van der Waals surface area (Å²) in [6.07, 6.45) is 1.86. The lowest BCUT2D eigenvalue weighted by Crippen LogP contribution is -2.41. The van der Waals surface area contributed by atoms with E-state index < -0.39 is 11.8 Å². The predicted octanol–water partition coefficient (Wildman–Crippen LogP) is 4.17. The van der Waals surface area contributed by atoms with Crippen LogP contribution in [0.4, 0.5) is 5.69 Å². The fourth-order valence-electron chi connectivity index (χ4n) is 2.82. The number of halogens is 1. The van der Waals surface area contributed by atoms with Gasteiger partial charge >= 0.3 is 0 Å². The van der Waals surface area contributed by atoms with Crippen molar-refractivity contribution in [3.05, 3.63) is 63.6 Å². The second-order valence-electron chi connectivity index (χ2n) is 8.19. The van der Waals surface area contributed by atoms with E-state index >= 15 is 0 Å². The minimum Gasteiger partial charge on any atom is -0.326 e. The van der Waals surface area contributed by atoms with Gasteiger partial charge in [-0.05, 0) is 60.2 Å². The van der Waals surface area contributed by atoms with E-state index in [0.29, 0.717) is 16.8 Å². The molecule has 0 spiro atoms. The molecule has 1 saturated carbocycles. The van der Waals surface area contributed by atoms with Gasteiger partial charge in [-0.25, -0.2) is 0 Å². The third kappa shape index (κ3) is 5.44. The van der Waals surface area contributed by atoms with E-state index in [1.165, 1.54) is 0 Å². The second-order valence-corrected chi connectivity index (χ2v) is 9.05. The maximum Gasteiger partial charge on any atom is 0.269 e. The van der Waals surface area contributed by atoms with Crippen molar-refractivity contribution in [3.8, 4) is 0 Å². The summed E-state index contributed by atoms with van der Waals surface area (Å²) in [6.45, 7) is 6.28. The zero-order chi connectivity index (χ0) is 21.2. The molecule has 7 heteroatoms. The molecule has 0 atom stereocenters. The van der Waals surface area contributed by atoms with Crippen LogP contribution >= 0.6 is 15.9 Å². The molecule has 0 aliphatic heterocycles. The van der Waals surface area contributed by atoms with Gasteiger partial charge in [0.15, 0.2) is 0 Å². The van der Waals surface area contributed by atoms with E-state index in [4.69, 9.17) is 0 Å². The van der Waals surface area contributed by atoms with Crippen LogP contribution in [0, 0.1) is 5.92 Å². The molecule has 0 radical (unpaired) electrons. The Bertz CT molecular complexity index is 945. The fourth-order valence-corrected chi connectivity index (χ4v) is 3.79. The molecule has 1 aliphatic rings. The van der Waals surface area contributed by atoms with Crippen LogP contribution in [0.3, 0.4) is 0 Å². The first-order chi connectivity index (χ1) is 13.6. The average molecular weight is 458 g/mol. The van der Waals surface area contributed by atoms with Crippen molar-refractivity contribution in [3.63, 3.8) is 0 Å². The first-order valence-corrected chi connectivity index (χ1v) is 10.3. The minimum atomic E-state index is -0.441. The van der Waals surface area contributed by atoms with Crippen molar-refractivity contribution >= 4 is 39.3 Å². The van der Waals surface area contributed by atoms with E-state index in [9.17, 15) is 14.4 Å². The molecule has 1 aliphatic carbocycles. The summed E-state index contributed by atoms with van der Waals surface area (Å²) >= 11 is 3.51. The summed E-state index contributed by atoms with van der Waals surface area (Å²) in [6, 6.07) is 11.9. The van der Waals surface area contributed by atoms with E-state index in [-0.39, 0.29) is 17.2 Å². The van der Waals surface area contributed by atoms with Gasteiger partial charge in [-0.3, -0.25) is 25.2 Å². The number of anilines is 1. The molecule has 29 heavy (non-hydrogen) atoms. The van der Waals surface area contributed by atoms with Crippen LogP contribution < -0.4 is 16.2 Å². The quantitative estimate of drug-likeness (QED) is 0.601. The summed E-state index contributed by atoms with van der Waals surface area (Å²) in [5, 5.41) is 2.82. The third-order valence-electron chi connectivity index (χ3n) is 4.69. The maximum absolute atomic E-state index is 12.3. The molecule has 3 rings (SSSR count). The number of hydrogen-bond acceptors (Lipinski definition) is 3. The Labute approximate surface area is 178 Å². The van der Waals surface area contributed by atoms with Gasteiger partial charge < -0.3 is 5.32 Å². The molecule has 0 bridgehead atoms. The maximum atomic E-state index is 12.3. The molecule has 2 aromatic rings. The minimum absolute atomic E-state index is 0.0121. The number of benzene rings is 2. The topological polar surface area (TPSA) is 87.3 Å². The van der Waals surface area contributed by atoms with Gasteiger partial charge in [0, 0.05) is 27.2 Å². The summed E-state index contributed by atoms with van der Waals surface area (Å²) in [5.74, 6) is -0.722. The van der Waals surface area contributed by atoms with Gasteiger partial charge in [0.2, 0.25) is 5.91 Å². The van der Waals surface area contributed by atoms with Gasteiger partial charge in [-0.2, -0.15) is 0 Å². The molecule has 3 N–H and O–H groups in total. The van der Waals surface area contributed by atoms with Crippen molar-refractivity contribution in [1.82, 2.24) is 10.9 Å². The zero-order valence-corrected chi connectivity index (χ0v) is 18.2. The number of rotatable bonds is 4. The highest BCUT2D eigenvalue weighted by molar-refractivity contribution is 9.10. The van der Waals surface area contributed by atoms with E-state index in [2.05, 4.69) is 52.9 Å². The highest BCUT2D eigenvalue weighted by Crippen LogP contribution is 2.31. The van der Waals surface area contributed by atoms with Crippen molar-refractivity contribution < 1.29 is 14.4 Å². The summed E-state index contributed by atoms with van der Waals surface area (Å²) in [4.78, 5) is 36.4. The number of hydrazine groups is 1. The summed E-state index contributed by atoms with van der Waals surface area (Å²) in [5.41, 5.74) is 7.33. The number of amides is 3. The van der Waals surface area contributed by atoms with Crippen molar-refractivity contribution in [2.75, 3.05) is 5.32 Å². The standard InChI is InChI=1S/C22H24BrN3O3/c1-22(2,3)17-11-8-15(12-18(17)23)21(29)26-25-20(28)14-6-9-16(10-7-14)24-19(27)13-4-5-13/h6-13H,4-5H2,1-3H3,(H,24,27)(H,25,28)(H,26,29). The highest BCUT2D eigenvalue weighted by atomic mass is 79.9. The molecule has 0 heterocycles. The molecule has 0 unspecified atom stereocenters. The fraction of sp³-hybridized carbons (Fsp3) is 0.318. The molecule has 3 amide bonds. The van der Waals surface area contributed by atoms with Crippen molar-refractivity contribution in [2.24, 2.45) is 5.92 Å². The highest BCUT2D eigenvalue weighted by Gasteiger charge is 2.29. The lowest BCUT2D eigenvalue weighted by Gasteiger charge is -2.21. The molecule has 0 saturated heterocycles. The Morgan fingerprint density at radius 1 is 0.897 bits per heavy atom. The Hall–Kier alpha value is -2.67. The van der Waals surface area contributed by atoms with Crippen LogP contribution in [0.25, 0.3) is 0 Å². The SMILES string of the molecule is CC(C)(C)c1ccc(C(=O)NNC(=O)c2ccc(NC(=O)C3CC3)cc2)cc1Br. The van der Waals surface area contributed by atoms with E-state index in [0.717, 1.165) is 22.9 Å². The van der Waals surface area contributed by atoms with Crippen LogP contribution in [-0.2, 0) is 10.2 Å². The summed E-state index contributed by atoms with van der Waals surface area (Å²) < 4.78 is 0.841. The van der Waals surface area contributed by atoms with E-state index in [1.807, 2.05) is 6.07 Å². The third-order valence-corrected chi connectivity index (χ3v) is 5.35. The largest absolute Gasteiger partial charge is 0.326 e. The first kappa shape index (κ1) is 21.0. The number of hydrogen-bond donors (Lipinski definition) is 3. The van der Waals surface area contributed by atoms with Gasteiger partial charge in [0.1, 0.15) is 0 Å². The van der Waals surface area contributed by atoms with Gasteiger partial charge in [0.05, 0.1) is 0 Å². The van der Waals surface area contributed by atoms with Crippen molar-refractivity contribution in [2.45, 2.75) is 39.0 Å². The van der Waals surface area contributed by atoms with Crippen LogP contribution in [0.15, 0.2) is 46.9 Å². The van der Waals surface area contributed by atoms with Crippen molar-refractivity contribution in [1.29, 1.82) is 0 Å². The summed E-state index contributed by atoms with van der Waals surface area (Å²) in [7, 11) is 0. The van der Waals surface area contributed by atoms with Crippen LogP contribution in [-0.4, -0.2) is 17.7 Å². The zero-order valence-electron chi connectivity index (χ0n) is 16.6. The molecular formula is C22H24BrN3O3. The Morgan fingerprint density at radius 3 is 1.97 bits per heavy atom. The predicted molar refractivity (Wildman–Crippen MR) is 116 cm³/mol. The Morgan fingerprint density at radius 2 is 1.45 bits per heavy atom. The smallest absolute Gasteiger partial charge is 0.269 e. The second kappa shape index (κ2) is 8.37. The monoisotopic (exact) mass is 457 g/mol. The lowest BCUT2D eigenvalue weighted by molar-refractivity contribution is -0.117. The molecular weight excluding hydrogens is 434 g/mol. The Kier molecular flexibility index (Phi) is 6.07. The number of carbonyl (C=O) groups excluding carboxylic acids is 3. The van der Waals surface area contributed by atoms with Gasteiger partial charge in [-0.1, -0.05) is 42.8 Å². The van der Waals surface area contributed by atoms with Crippen LogP contribution in [0.1, 0.15) is 59.9 Å². The van der Waals surface area contributed by atoms with Gasteiger partial charge in [-0.15, -0.1) is 0 Å². The molecule has 152 valence electrons. The average Bonchev–Trinajstić information content (AvgIpc) is 3.50. The molecule has 1 fully saturated rings. The normalized spacial score (nSPS) is 13.5. The molecule has 2 aromatic carbocycles. The lowest BCUT2D eigenvalue weighted by atomic mass is 9.86. The molecule has 6 nitrogen and oxygen atoms in total. The number of carbonyl (C=O) groups is 3. The first-order valence-electron chi connectivity index (χ1n) is 9.47. The Balaban J connectivity index is 1.56. The van der Waals surface area contributed by atoms with E-state index in [1.54, 1.807) is 36.4 Å². The number of nitrogens with one attached hydrogen (secondary N) is 3. The molecule has 0 aromatic heterocycles.